The number of hydrogen-bond acceptors (Lipinski definition) is 4. The number of rotatable bonds is 8. The van der Waals surface area contributed by atoms with E-state index < -0.39 is 0 Å². The van der Waals surface area contributed by atoms with Crippen molar-refractivity contribution in [2.24, 2.45) is 0 Å². The van der Waals surface area contributed by atoms with Gasteiger partial charge >= 0.3 is 0 Å². The molecule has 1 rings (SSSR count). The smallest absolute Gasteiger partial charge is 0.269 e. The fourth-order valence-electron chi connectivity index (χ4n) is 1.84. The van der Waals surface area contributed by atoms with Crippen LogP contribution >= 0.6 is 0 Å². The third kappa shape index (κ3) is 5.17. The van der Waals surface area contributed by atoms with E-state index in [1.165, 1.54) is 0 Å². The largest absolute Gasteiger partial charge is 0.385 e. The molecule has 0 aliphatic heterocycles. The SMILES string of the molecule is CCNc1ccnc(C(=O)NCCN(C)C(C)CC)c1. The molecule has 2 N–H and O–H groups in total. The minimum atomic E-state index is -0.123. The van der Waals surface area contributed by atoms with Gasteiger partial charge in [0, 0.05) is 37.6 Å². The van der Waals surface area contributed by atoms with Crippen molar-refractivity contribution in [2.75, 3.05) is 32.0 Å². The maximum absolute atomic E-state index is 12.0. The second-order valence-corrected chi connectivity index (χ2v) is 4.95. The van der Waals surface area contributed by atoms with Crippen LogP contribution in [0, 0.1) is 0 Å². The van der Waals surface area contributed by atoms with Crippen LogP contribution in [0.2, 0.25) is 0 Å². The number of aromatic nitrogens is 1. The first-order chi connectivity index (χ1) is 9.58. The number of nitrogens with zero attached hydrogens (tertiary/aromatic N) is 2. The molecule has 1 atom stereocenters. The molecule has 5 heteroatoms. The van der Waals surface area contributed by atoms with E-state index in [2.05, 4.69) is 41.4 Å². The van der Waals surface area contributed by atoms with E-state index in [0.29, 0.717) is 18.3 Å². The van der Waals surface area contributed by atoms with E-state index >= 15 is 0 Å². The van der Waals surface area contributed by atoms with E-state index in [0.717, 1.165) is 25.2 Å². The van der Waals surface area contributed by atoms with Gasteiger partial charge in [-0.3, -0.25) is 9.78 Å². The molecule has 1 amide bonds. The molecule has 0 radical (unpaired) electrons. The summed E-state index contributed by atoms with van der Waals surface area (Å²) in [7, 11) is 2.07. The van der Waals surface area contributed by atoms with Gasteiger partial charge in [0.15, 0.2) is 0 Å². The summed E-state index contributed by atoms with van der Waals surface area (Å²) in [5.74, 6) is -0.123. The third-order valence-electron chi connectivity index (χ3n) is 3.47. The fraction of sp³-hybridized carbons (Fsp3) is 0.600. The van der Waals surface area contributed by atoms with Gasteiger partial charge in [0.1, 0.15) is 5.69 Å². The lowest BCUT2D eigenvalue weighted by Gasteiger charge is -2.23. The average molecular weight is 278 g/mol. The van der Waals surface area contributed by atoms with Crippen LogP contribution in [0.5, 0.6) is 0 Å². The number of hydrogen-bond donors (Lipinski definition) is 2. The summed E-state index contributed by atoms with van der Waals surface area (Å²) < 4.78 is 0. The molecule has 0 spiro atoms. The average Bonchev–Trinajstić information content (AvgIpc) is 2.46. The molecule has 0 aliphatic rings. The summed E-state index contributed by atoms with van der Waals surface area (Å²) in [4.78, 5) is 18.3. The zero-order chi connectivity index (χ0) is 15.0. The van der Waals surface area contributed by atoms with Crippen molar-refractivity contribution >= 4 is 11.6 Å². The number of amides is 1. The van der Waals surface area contributed by atoms with E-state index in [1.807, 2.05) is 13.0 Å². The number of likely N-dealkylation sites (N-methyl/N-ethyl adjacent to an activating group) is 1. The molecule has 0 bridgehead atoms. The molecule has 0 aromatic carbocycles. The first-order valence-corrected chi connectivity index (χ1v) is 7.26. The van der Waals surface area contributed by atoms with Crippen LogP contribution in [0.4, 0.5) is 5.69 Å². The Balaban J connectivity index is 2.44. The minimum Gasteiger partial charge on any atom is -0.385 e. The fourth-order valence-corrected chi connectivity index (χ4v) is 1.84. The predicted molar refractivity (Wildman–Crippen MR) is 83.1 cm³/mol. The van der Waals surface area contributed by atoms with Crippen molar-refractivity contribution in [1.82, 2.24) is 15.2 Å². The molecule has 1 aromatic heterocycles. The monoisotopic (exact) mass is 278 g/mol. The molecular weight excluding hydrogens is 252 g/mol. The van der Waals surface area contributed by atoms with Gasteiger partial charge < -0.3 is 15.5 Å². The van der Waals surface area contributed by atoms with E-state index in [-0.39, 0.29) is 5.91 Å². The molecule has 0 saturated heterocycles. The highest BCUT2D eigenvalue weighted by molar-refractivity contribution is 5.93. The second-order valence-electron chi connectivity index (χ2n) is 4.95. The normalized spacial score (nSPS) is 12.2. The molecule has 0 aliphatic carbocycles. The van der Waals surface area contributed by atoms with E-state index in [4.69, 9.17) is 0 Å². The van der Waals surface area contributed by atoms with Gasteiger partial charge in [0.05, 0.1) is 0 Å². The lowest BCUT2D eigenvalue weighted by Crippen LogP contribution is -2.37. The highest BCUT2D eigenvalue weighted by Gasteiger charge is 2.09. The Hall–Kier alpha value is -1.62. The number of carbonyl (C=O) groups excluding carboxylic acids is 1. The Bertz CT molecular complexity index is 422. The van der Waals surface area contributed by atoms with Crippen LogP contribution < -0.4 is 10.6 Å². The number of nitrogens with one attached hydrogen (secondary N) is 2. The van der Waals surface area contributed by atoms with Crippen LogP contribution in [0.1, 0.15) is 37.7 Å². The van der Waals surface area contributed by atoms with Gasteiger partial charge in [-0.15, -0.1) is 0 Å². The summed E-state index contributed by atoms with van der Waals surface area (Å²) in [6.45, 7) is 8.66. The maximum atomic E-state index is 12.0. The topological polar surface area (TPSA) is 57.3 Å². The van der Waals surface area contributed by atoms with Gasteiger partial charge in [-0.1, -0.05) is 6.92 Å². The van der Waals surface area contributed by atoms with Crippen LogP contribution in [-0.2, 0) is 0 Å². The van der Waals surface area contributed by atoms with Crippen LogP contribution in [0.25, 0.3) is 0 Å². The van der Waals surface area contributed by atoms with Crippen LogP contribution in [0.3, 0.4) is 0 Å². The van der Waals surface area contributed by atoms with Gasteiger partial charge in [-0.25, -0.2) is 0 Å². The standard InChI is InChI=1S/C15H26N4O/c1-5-12(3)19(4)10-9-18-15(20)14-11-13(16-6-2)7-8-17-14/h7-8,11-12H,5-6,9-10H2,1-4H3,(H,16,17)(H,18,20). The highest BCUT2D eigenvalue weighted by Crippen LogP contribution is 2.07. The molecule has 1 unspecified atom stereocenters. The summed E-state index contributed by atoms with van der Waals surface area (Å²) in [6.07, 6.45) is 2.76. The summed E-state index contributed by atoms with van der Waals surface area (Å²) in [5, 5.41) is 6.08. The van der Waals surface area contributed by atoms with Crippen molar-refractivity contribution in [2.45, 2.75) is 33.2 Å². The molecule has 5 nitrogen and oxygen atoms in total. The summed E-state index contributed by atoms with van der Waals surface area (Å²) in [6, 6.07) is 4.16. The Morgan fingerprint density at radius 2 is 2.20 bits per heavy atom. The lowest BCUT2D eigenvalue weighted by atomic mass is 10.2. The van der Waals surface area contributed by atoms with Gasteiger partial charge in [0.2, 0.25) is 0 Å². The molecule has 0 saturated carbocycles. The Kier molecular flexibility index (Phi) is 7.01. The molecule has 20 heavy (non-hydrogen) atoms. The Morgan fingerprint density at radius 1 is 1.45 bits per heavy atom. The highest BCUT2D eigenvalue weighted by atomic mass is 16.1. The zero-order valence-electron chi connectivity index (χ0n) is 12.9. The van der Waals surface area contributed by atoms with Crippen LogP contribution in [-0.4, -0.2) is 48.5 Å². The van der Waals surface area contributed by atoms with Gasteiger partial charge in [-0.05, 0) is 39.4 Å². The van der Waals surface area contributed by atoms with Crippen molar-refractivity contribution < 1.29 is 4.79 Å². The van der Waals surface area contributed by atoms with Gasteiger partial charge in [-0.2, -0.15) is 0 Å². The van der Waals surface area contributed by atoms with Gasteiger partial charge in [0.25, 0.3) is 5.91 Å². The Morgan fingerprint density at radius 3 is 2.85 bits per heavy atom. The summed E-state index contributed by atoms with van der Waals surface area (Å²) in [5.41, 5.74) is 1.37. The number of anilines is 1. The number of carbonyl (C=O) groups is 1. The maximum Gasteiger partial charge on any atom is 0.269 e. The van der Waals surface area contributed by atoms with Crippen molar-refractivity contribution in [1.29, 1.82) is 0 Å². The van der Waals surface area contributed by atoms with Crippen molar-refractivity contribution in [3.8, 4) is 0 Å². The van der Waals surface area contributed by atoms with Crippen LogP contribution in [0.15, 0.2) is 18.3 Å². The number of pyridine rings is 1. The Labute approximate surface area is 121 Å². The van der Waals surface area contributed by atoms with Crippen molar-refractivity contribution in [3.05, 3.63) is 24.0 Å². The molecule has 0 fully saturated rings. The first-order valence-electron chi connectivity index (χ1n) is 7.26. The quantitative estimate of drug-likeness (QED) is 0.763. The van der Waals surface area contributed by atoms with E-state index in [9.17, 15) is 4.79 Å². The predicted octanol–water partition coefficient (Wildman–Crippen LogP) is 1.97. The third-order valence-corrected chi connectivity index (χ3v) is 3.47. The molecule has 1 aromatic rings. The molecule has 1 heterocycles. The minimum absolute atomic E-state index is 0.123. The lowest BCUT2D eigenvalue weighted by molar-refractivity contribution is 0.0942. The van der Waals surface area contributed by atoms with E-state index in [1.54, 1.807) is 12.3 Å². The van der Waals surface area contributed by atoms with Crippen molar-refractivity contribution in [3.63, 3.8) is 0 Å². The zero-order valence-corrected chi connectivity index (χ0v) is 12.9. The molecule has 112 valence electrons. The summed E-state index contributed by atoms with van der Waals surface area (Å²) >= 11 is 0. The molecular formula is C15H26N4O. The first kappa shape index (κ1) is 16.4. The second kappa shape index (κ2) is 8.53.